The minimum Gasteiger partial charge on any atom is -0.369 e. The molecule has 1 aromatic rings. The van der Waals surface area contributed by atoms with Crippen molar-refractivity contribution in [2.24, 2.45) is 5.73 Å². The molecule has 1 aliphatic rings. The number of nitrogens with one attached hydrogen (secondary N) is 2. The van der Waals surface area contributed by atoms with E-state index in [0.29, 0.717) is 17.8 Å². The molecule has 0 aliphatic carbocycles. The van der Waals surface area contributed by atoms with Gasteiger partial charge in [-0.05, 0) is 26.7 Å². The van der Waals surface area contributed by atoms with Gasteiger partial charge in [-0.2, -0.15) is 5.10 Å². The van der Waals surface area contributed by atoms with Gasteiger partial charge in [0.2, 0.25) is 5.91 Å². The number of hydrogen-bond donors (Lipinski definition) is 3. The second-order valence-corrected chi connectivity index (χ2v) is 5.30. The number of aromatic nitrogens is 2. The monoisotopic (exact) mass is 279 g/mol. The first-order valence-electron chi connectivity index (χ1n) is 6.80. The highest BCUT2D eigenvalue weighted by Gasteiger charge is 2.23. The highest BCUT2D eigenvalue weighted by molar-refractivity contribution is 5.96. The summed E-state index contributed by atoms with van der Waals surface area (Å²) in [6.45, 7) is 5.49. The average molecular weight is 279 g/mol. The third kappa shape index (κ3) is 3.36. The molecular formula is C13H21N5O2. The van der Waals surface area contributed by atoms with Crippen LogP contribution >= 0.6 is 0 Å². The van der Waals surface area contributed by atoms with E-state index in [1.807, 2.05) is 18.7 Å². The normalized spacial score (nSPS) is 17.1. The molecule has 0 spiro atoms. The third-order valence-electron chi connectivity index (χ3n) is 3.66. The number of carbonyl (C=O) groups excluding carboxylic acids is 2. The second kappa shape index (κ2) is 6.04. The van der Waals surface area contributed by atoms with Gasteiger partial charge in [0.05, 0.1) is 17.8 Å². The Labute approximate surface area is 117 Å². The Hall–Kier alpha value is -1.89. The van der Waals surface area contributed by atoms with E-state index in [0.717, 1.165) is 31.6 Å². The number of piperidine rings is 1. The molecule has 0 radical (unpaired) electrons. The summed E-state index contributed by atoms with van der Waals surface area (Å²) >= 11 is 0. The van der Waals surface area contributed by atoms with E-state index in [1.54, 1.807) is 0 Å². The van der Waals surface area contributed by atoms with Crippen molar-refractivity contribution in [3.8, 4) is 0 Å². The molecule has 1 fully saturated rings. The average Bonchev–Trinajstić information content (AvgIpc) is 2.71. The smallest absolute Gasteiger partial charge is 0.255 e. The quantitative estimate of drug-likeness (QED) is 0.704. The lowest BCUT2D eigenvalue weighted by Crippen LogP contribution is -2.46. The van der Waals surface area contributed by atoms with Gasteiger partial charge >= 0.3 is 0 Å². The maximum Gasteiger partial charge on any atom is 0.255 e. The fourth-order valence-electron chi connectivity index (χ4n) is 2.60. The molecule has 7 nitrogen and oxygen atoms in total. The summed E-state index contributed by atoms with van der Waals surface area (Å²) in [5.41, 5.74) is 7.30. The molecule has 4 N–H and O–H groups in total. The molecule has 2 rings (SSSR count). The molecule has 1 aromatic heterocycles. The van der Waals surface area contributed by atoms with Gasteiger partial charge in [-0.25, -0.2) is 0 Å². The second-order valence-electron chi connectivity index (χ2n) is 5.30. The number of nitrogens with two attached hydrogens (primary N) is 1. The standard InChI is InChI=1S/C13H21N5O2/c1-8-12(9(2)17-16-8)13(20)15-10-3-5-18(6-4-10)7-11(14)19/h10H,3-7H2,1-2H3,(H2,14,19)(H,15,20)(H,16,17). The predicted molar refractivity (Wildman–Crippen MR) is 74.2 cm³/mol. The number of rotatable bonds is 4. The van der Waals surface area contributed by atoms with Crippen LogP contribution in [-0.4, -0.2) is 52.6 Å². The van der Waals surface area contributed by atoms with Crippen LogP contribution in [-0.2, 0) is 4.79 Å². The van der Waals surface area contributed by atoms with Crippen LogP contribution in [0.5, 0.6) is 0 Å². The third-order valence-corrected chi connectivity index (χ3v) is 3.66. The van der Waals surface area contributed by atoms with Crippen molar-refractivity contribution in [2.45, 2.75) is 32.7 Å². The summed E-state index contributed by atoms with van der Waals surface area (Å²) in [6.07, 6.45) is 1.66. The summed E-state index contributed by atoms with van der Waals surface area (Å²) < 4.78 is 0. The lowest BCUT2D eigenvalue weighted by atomic mass is 10.0. The number of amides is 2. The van der Waals surface area contributed by atoms with Crippen LogP contribution in [0.3, 0.4) is 0 Å². The highest BCUT2D eigenvalue weighted by Crippen LogP contribution is 2.13. The predicted octanol–water partition coefficient (Wildman–Crippen LogP) is -0.294. The fourth-order valence-corrected chi connectivity index (χ4v) is 2.60. The Morgan fingerprint density at radius 1 is 1.40 bits per heavy atom. The number of H-pyrrole nitrogens is 1. The number of primary amides is 1. The van der Waals surface area contributed by atoms with Gasteiger partial charge in [0, 0.05) is 24.8 Å². The highest BCUT2D eigenvalue weighted by atomic mass is 16.2. The Kier molecular flexibility index (Phi) is 4.39. The Morgan fingerprint density at radius 3 is 2.55 bits per heavy atom. The molecule has 20 heavy (non-hydrogen) atoms. The van der Waals surface area contributed by atoms with Crippen LogP contribution in [0.15, 0.2) is 0 Å². The lowest BCUT2D eigenvalue weighted by molar-refractivity contribution is -0.119. The zero-order valence-electron chi connectivity index (χ0n) is 11.9. The van der Waals surface area contributed by atoms with E-state index in [9.17, 15) is 9.59 Å². The summed E-state index contributed by atoms with van der Waals surface area (Å²) in [6, 6.07) is 0.139. The zero-order valence-corrected chi connectivity index (χ0v) is 11.9. The lowest BCUT2D eigenvalue weighted by Gasteiger charge is -2.31. The van der Waals surface area contributed by atoms with Gasteiger partial charge in [0.15, 0.2) is 0 Å². The number of aryl methyl sites for hydroxylation is 2. The summed E-state index contributed by atoms with van der Waals surface area (Å²) in [5.74, 6) is -0.390. The van der Waals surface area contributed by atoms with Crippen LogP contribution in [0.2, 0.25) is 0 Å². The van der Waals surface area contributed by atoms with Crippen molar-refractivity contribution in [1.29, 1.82) is 0 Å². The maximum absolute atomic E-state index is 12.2. The molecule has 1 saturated heterocycles. The molecule has 0 atom stereocenters. The van der Waals surface area contributed by atoms with Crippen molar-refractivity contribution < 1.29 is 9.59 Å². The number of nitrogens with zero attached hydrogens (tertiary/aromatic N) is 2. The first-order valence-corrected chi connectivity index (χ1v) is 6.80. The van der Waals surface area contributed by atoms with E-state index >= 15 is 0 Å². The van der Waals surface area contributed by atoms with Crippen LogP contribution in [0.4, 0.5) is 0 Å². The molecule has 0 bridgehead atoms. The van der Waals surface area contributed by atoms with Crippen LogP contribution in [0, 0.1) is 13.8 Å². The number of carbonyl (C=O) groups is 2. The van der Waals surface area contributed by atoms with Crippen molar-refractivity contribution in [3.05, 3.63) is 17.0 Å². The molecule has 7 heteroatoms. The van der Waals surface area contributed by atoms with Crippen LogP contribution < -0.4 is 11.1 Å². The van der Waals surface area contributed by atoms with Gasteiger partial charge in [-0.15, -0.1) is 0 Å². The van der Waals surface area contributed by atoms with Gasteiger partial charge in [-0.3, -0.25) is 19.6 Å². The van der Waals surface area contributed by atoms with Gasteiger partial charge in [0.1, 0.15) is 0 Å². The van der Waals surface area contributed by atoms with Gasteiger partial charge in [0.25, 0.3) is 5.91 Å². The van der Waals surface area contributed by atoms with Crippen molar-refractivity contribution in [3.63, 3.8) is 0 Å². The van der Waals surface area contributed by atoms with Crippen LogP contribution in [0.1, 0.15) is 34.6 Å². The summed E-state index contributed by atoms with van der Waals surface area (Å²) in [5, 5.41) is 9.88. The zero-order chi connectivity index (χ0) is 14.7. The SMILES string of the molecule is Cc1n[nH]c(C)c1C(=O)NC1CCN(CC(N)=O)CC1. The van der Waals surface area contributed by atoms with Crippen LogP contribution in [0.25, 0.3) is 0 Å². The van der Waals surface area contributed by atoms with E-state index < -0.39 is 0 Å². The van der Waals surface area contributed by atoms with Gasteiger partial charge in [-0.1, -0.05) is 0 Å². The largest absolute Gasteiger partial charge is 0.369 e. The van der Waals surface area contributed by atoms with E-state index in [4.69, 9.17) is 5.73 Å². The van der Waals surface area contributed by atoms with Crippen molar-refractivity contribution >= 4 is 11.8 Å². The summed E-state index contributed by atoms with van der Waals surface area (Å²) in [4.78, 5) is 25.1. The first-order chi connectivity index (χ1) is 9.47. The Bertz CT molecular complexity index is 483. The van der Waals surface area contributed by atoms with Gasteiger partial charge < -0.3 is 11.1 Å². The molecule has 0 saturated carbocycles. The van der Waals surface area contributed by atoms with Crippen molar-refractivity contribution in [1.82, 2.24) is 20.4 Å². The first kappa shape index (κ1) is 14.5. The molecule has 0 unspecified atom stereocenters. The minimum atomic E-state index is -0.308. The fraction of sp³-hybridized carbons (Fsp3) is 0.615. The number of likely N-dealkylation sites (tertiary alicyclic amines) is 1. The molecule has 0 aromatic carbocycles. The minimum absolute atomic E-state index is 0.0814. The molecule has 2 heterocycles. The Balaban J connectivity index is 1.87. The Morgan fingerprint density at radius 2 is 2.05 bits per heavy atom. The van der Waals surface area contributed by atoms with E-state index in [2.05, 4.69) is 15.5 Å². The van der Waals surface area contributed by atoms with E-state index in [-0.39, 0.29) is 17.9 Å². The van der Waals surface area contributed by atoms with E-state index in [1.165, 1.54) is 0 Å². The number of aromatic amines is 1. The maximum atomic E-state index is 12.2. The molecule has 1 aliphatic heterocycles. The number of hydrogen-bond acceptors (Lipinski definition) is 4. The van der Waals surface area contributed by atoms with Crippen molar-refractivity contribution in [2.75, 3.05) is 19.6 Å². The molecule has 2 amide bonds. The molecular weight excluding hydrogens is 258 g/mol. The summed E-state index contributed by atoms with van der Waals surface area (Å²) in [7, 11) is 0. The topological polar surface area (TPSA) is 104 Å². The molecule has 110 valence electrons.